The molecule has 5 rings (SSSR count). The van der Waals surface area contributed by atoms with Crippen molar-refractivity contribution in [3.63, 3.8) is 0 Å². The van der Waals surface area contributed by atoms with Crippen LogP contribution in [0.4, 0.5) is 17.1 Å². The van der Waals surface area contributed by atoms with Crippen LogP contribution in [0.15, 0.2) is 90.3 Å². The second-order valence-electron chi connectivity index (χ2n) is 10.3. The Morgan fingerprint density at radius 1 is 0.596 bits per heavy atom. The number of aryl methyl sites for hydroxylation is 3. The Kier molecular flexibility index (Phi) is 16.3. The number of imide groups is 1. The Morgan fingerprint density at radius 2 is 0.979 bits per heavy atom. The first-order valence-corrected chi connectivity index (χ1v) is 16.1. The lowest BCUT2D eigenvalue weighted by Crippen LogP contribution is -2.36. The molecular formula is C34H40Br3N5O5. The van der Waals surface area contributed by atoms with E-state index >= 15 is 0 Å². The molecule has 0 spiro atoms. The number of nitrogens with one attached hydrogen (secondary N) is 2. The molecule has 3 aromatic carbocycles. The van der Waals surface area contributed by atoms with Crippen molar-refractivity contribution in [2.45, 2.75) is 55.9 Å². The molecule has 6 N–H and O–H groups in total. The van der Waals surface area contributed by atoms with Crippen molar-refractivity contribution >= 4 is 88.6 Å². The standard InChI is InChI=1S/C13H13BrN2O2.C7H9BrN2.C7H8BrN.C6H6O3.CH4/c1-7-6-10(4-5-11(7)14)15-16-12(17)8(2)9(3)13(16)18;1-5-4-6(10-9)2-3-7(5)8;1-5-4-6(9)2-3-7(5)8;1-3-4(2)6(8)9-5(3)7;/h4-6,15H,1-3H3;2-4,10H,9H2,1H3;2-4H,9H2,1H3;1-2H3;1H4. The summed E-state index contributed by atoms with van der Waals surface area (Å²) in [5.74, 6) is 3.58. The molecule has 2 aliphatic rings. The molecule has 0 fully saturated rings. The van der Waals surface area contributed by atoms with E-state index in [4.69, 9.17) is 11.6 Å². The largest absolute Gasteiger partial charge is 0.399 e. The first-order valence-electron chi connectivity index (χ1n) is 13.8. The minimum absolute atomic E-state index is 0. The van der Waals surface area contributed by atoms with Gasteiger partial charge in [0.15, 0.2) is 0 Å². The van der Waals surface area contributed by atoms with Crippen LogP contribution in [-0.2, 0) is 23.9 Å². The lowest BCUT2D eigenvalue weighted by Gasteiger charge is -2.17. The van der Waals surface area contributed by atoms with E-state index in [-0.39, 0.29) is 19.2 Å². The highest BCUT2D eigenvalue weighted by Gasteiger charge is 2.33. The Hall–Kier alpha value is -3.78. The van der Waals surface area contributed by atoms with Gasteiger partial charge in [-0.25, -0.2) is 9.59 Å². The summed E-state index contributed by atoms with van der Waals surface area (Å²) < 4.78 is 7.43. The minimum Gasteiger partial charge on any atom is -0.399 e. The second kappa shape index (κ2) is 18.5. The van der Waals surface area contributed by atoms with Crippen LogP contribution < -0.4 is 22.4 Å². The Morgan fingerprint density at radius 3 is 1.32 bits per heavy atom. The first kappa shape index (κ1) is 41.2. The van der Waals surface area contributed by atoms with E-state index in [2.05, 4.69) is 63.4 Å². The highest BCUT2D eigenvalue weighted by molar-refractivity contribution is 9.11. The Balaban J connectivity index is 0.000000329. The van der Waals surface area contributed by atoms with Gasteiger partial charge in [-0.2, -0.15) is 5.01 Å². The zero-order valence-corrected chi connectivity index (χ0v) is 31.2. The third-order valence-corrected chi connectivity index (χ3v) is 9.55. The van der Waals surface area contributed by atoms with E-state index in [0.29, 0.717) is 28.0 Å². The van der Waals surface area contributed by atoms with Crippen molar-refractivity contribution in [2.24, 2.45) is 5.84 Å². The molecule has 0 saturated heterocycles. The molecule has 13 heteroatoms. The Bertz CT molecular complexity index is 1690. The Labute approximate surface area is 301 Å². The molecule has 10 nitrogen and oxygen atoms in total. The number of halogens is 3. The SMILES string of the molecule is C.CC1=C(C)C(=O)N(Nc2ccc(Br)c(C)c2)C1=O.CC1=C(C)C(=O)OC1=O.Cc1cc(N)ccc1Br.Cc1cc(NN)ccc1Br. The summed E-state index contributed by atoms with van der Waals surface area (Å²) in [4.78, 5) is 44.7. The molecule has 0 saturated carbocycles. The fourth-order valence-corrected chi connectivity index (χ4v) is 4.38. The number of nitrogens with two attached hydrogens (primary N) is 2. The molecule has 0 atom stereocenters. The molecule has 0 aromatic heterocycles. The average molecular weight is 838 g/mol. The lowest BCUT2D eigenvalue weighted by atomic mass is 10.2. The number of ether oxygens (including phenoxy) is 1. The van der Waals surface area contributed by atoms with Gasteiger partial charge in [0.2, 0.25) is 0 Å². The molecule has 2 aliphatic heterocycles. The maximum atomic E-state index is 11.9. The minimum atomic E-state index is -0.516. The number of esters is 2. The number of hydrogen-bond donors (Lipinski definition) is 4. The van der Waals surface area contributed by atoms with E-state index in [1.54, 1.807) is 33.8 Å². The van der Waals surface area contributed by atoms with Gasteiger partial charge < -0.3 is 15.9 Å². The van der Waals surface area contributed by atoms with Gasteiger partial charge >= 0.3 is 11.9 Å². The third kappa shape index (κ3) is 11.5. The summed E-state index contributed by atoms with van der Waals surface area (Å²) in [7, 11) is 0. The number of nitrogens with zero attached hydrogens (tertiary/aromatic N) is 1. The predicted octanol–water partition coefficient (Wildman–Crippen LogP) is 8.21. The van der Waals surface area contributed by atoms with Gasteiger partial charge in [-0.15, -0.1) is 0 Å². The lowest BCUT2D eigenvalue weighted by molar-refractivity contribution is -0.151. The first-order chi connectivity index (χ1) is 21.5. The summed E-state index contributed by atoms with van der Waals surface area (Å²) >= 11 is 10.2. The zero-order chi connectivity index (χ0) is 34.9. The topological polar surface area (TPSA) is 157 Å². The average Bonchev–Trinajstić information content (AvgIpc) is 3.35. The van der Waals surface area contributed by atoms with Gasteiger partial charge in [0.25, 0.3) is 11.8 Å². The zero-order valence-electron chi connectivity index (χ0n) is 26.5. The molecule has 0 unspecified atom stereocenters. The number of rotatable bonds is 3. The van der Waals surface area contributed by atoms with Crippen molar-refractivity contribution in [1.29, 1.82) is 0 Å². The number of benzene rings is 3. The molecule has 2 heterocycles. The quantitative estimate of drug-likeness (QED) is 0.0510. The molecule has 0 aliphatic carbocycles. The number of hydrogen-bond acceptors (Lipinski definition) is 9. The summed E-state index contributed by atoms with van der Waals surface area (Å²) in [6.07, 6.45) is 0. The van der Waals surface area contributed by atoms with Crippen LogP contribution in [0.2, 0.25) is 0 Å². The molecule has 252 valence electrons. The van der Waals surface area contributed by atoms with E-state index in [9.17, 15) is 19.2 Å². The van der Waals surface area contributed by atoms with Crippen molar-refractivity contribution in [3.8, 4) is 0 Å². The van der Waals surface area contributed by atoms with Crippen LogP contribution >= 0.6 is 47.8 Å². The van der Waals surface area contributed by atoms with Crippen molar-refractivity contribution < 1.29 is 23.9 Å². The van der Waals surface area contributed by atoms with Crippen LogP contribution in [0, 0.1) is 20.8 Å². The predicted molar refractivity (Wildman–Crippen MR) is 199 cm³/mol. The van der Waals surface area contributed by atoms with Gasteiger partial charge in [0.05, 0.1) is 5.69 Å². The molecule has 0 bridgehead atoms. The smallest absolute Gasteiger partial charge is 0.342 e. The number of nitrogen functional groups attached to an aromatic ring is 2. The summed E-state index contributed by atoms with van der Waals surface area (Å²) in [5.41, 5.74) is 18.6. The fraction of sp³-hybridized carbons (Fsp3) is 0.235. The van der Waals surface area contributed by atoms with E-state index < -0.39 is 11.9 Å². The molecule has 2 amide bonds. The molecule has 3 aromatic rings. The van der Waals surface area contributed by atoms with Gasteiger partial charge in [-0.05, 0) is 120 Å². The van der Waals surface area contributed by atoms with E-state index in [1.807, 2.05) is 69.3 Å². The van der Waals surface area contributed by atoms with Gasteiger partial charge in [0.1, 0.15) is 0 Å². The van der Waals surface area contributed by atoms with Crippen LogP contribution in [-0.4, -0.2) is 28.8 Å². The number of carbonyl (C=O) groups is 4. The van der Waals surface area contributed by atoms with Crippen molar-refractivity contribution in [3.05, 3.63) is 107 Å². The maximum Gasteiger partial charge on any atom is 0.342 e. The van der Waals surface area contributed by atoms with Crippen molar-refractivity contribution in [2.75, 3.05) is 16.6 Å². The van der Waals surface area contributed by atoms with Crippen LogP contribution in [0.25, 0.3) is 0 Å². The summed E-state index contributed by atoms with van der Waals surface area (Å²) in [5, 5.41) is 1.05. The highest BCUT2D eigenvalue weighted by atomic mass is 79.9. The molecule has 47 heavy (non-hydrogen) atoms. The van der Waals surface area contributed by atoms with Gasteiger partial charge in [0, 0.05) is 47.1 Å². The van der Waals surface area contributed by atoms with E-state index in [0.717, 1.165) is 35.4 Å². The number of carbonyl (C=O) groups excluding carboxylic acids is 4. The van der Waals surface area contributed by atoms with Crippen LogP contribution in [0.3, 0.4) is 0 Å². The van der Waals surface area contributed by atoms with Gasteiger partial charge in [-0.1, -0.05) is 55.2 Å². The molecular weight excluding hydrogens is 798 g/mol. The van der Waals surface area contributed by atoms with Crippen LogP contribution in [0.5, 0.6) is 0 Å². The number of cyclic esters (lactones) is 2. The second-order valence-corrected chi connectivity index (χ2v) is 12.9. The molecule has 0 radical (unpaired) electrons. The van der Waals surface area contributed by atoms with Crippen LogP contribution in [0.1, 0.15) is 51.8 Å². The maximum absolute atomic E-state index is 11.9. The monoisotopic (exact) mass is 835 g/mol. The number of amides is 2. The third-order valence-electron chi connectivity index (χ3n) is 6.88. The number of hydrazine groups is 2. The normalized spacial score (nSPS) is 13.5. The van der Waals surface area contributed by atoms with Gasteiger partial charge in [-0.3, -0.25) is 20.9 Å². The highest BCUT2D eigenvalue weighted by Crippen LogP contribution is 2.24. The van der Waals surface area contributed by atoms with Crippen molar-refractivity contribution in [1.82, 2.24) is 5.01 Å². The summed E-state index contributed by atoms with van der Waals surface area (Å²) in [6, 6.07) is 17.2. The van der Waals surface area contributed by atoms with E-state index in [1.165, 1.54) is 11.1 Å². The number of anilines is 3. The fourth-order valence-electron chi connectivity index (χ4n) is 3.64. The summed E-state index contributed by atoms with van der Waals surface area (Å²) in [6.45, 7) is 12.4.